The molecule has 6 rings (SSSR count). The number of nitriles is 1. The van der Waals surface area contributed by atoms with Crippen LogP contribution in [0.4, 0.5) is 11.4 Å². The Hall–Kier alpha value is -4.46. The van der Waals surface area contributed by atoms with E-state index in [1.54, 1.807) is 30.2 Å². The van der Waals surface area contributed by atoms with Gasteiger partial charge in [0.1, 0.15) is 0 Å². The summed E-state index contributed by atoms with van der Waals surface area (Å²) in [6.07, 6.45) is 6.24. The summed E-state index contributed by atoms with van der Waals surface area (Å²) < 4.78 is 46.1. The Bertz CT molecular complexity index is 2050. The molecule has 1 N–H and O–H groups in total. The van der Waals surface area contributed by atoms with Crippen molar-refractivity contribution in [1.82, 2.24) is 14.8 Å². The van der Waals surface area contributed by atoms with Crippen molar-refractivity contribution in [2.75, 3.05) is 24.2 Å². The second-order valence-electron chi connectivity index (χ2n) is 10.3. The topological polar surface area (TPSA) is 59.6 Å². The number of hydrogen-bond donors (Lipinski definition) is 1. The van der Waals surface area contributed by atoms with Crippen LogP contribution in [0, 0.1) is 51.5 Å². The third-order valence-corrected chi connectivity index (χ3v) is 6.96. The summed E-state index contributed by atoms with van der Waals surface area (Å²) in [6, 6.07) is 27.0. The van der Waals surface area contributed by atoms with Crippen LogP contribution >= 0.6 is 0 Å². The smallest absolute Gasteiger partial charge is 0.657 e. The largest absolute Gasteiger partial charge is 4.00 e. The van der Waals surface area contributed by atoms with Gasteiger partial charge in [0.05, 0.1) is 11.6 Å². The van der Waals surface area contributed by atoms with E-state index in [1.165, 1.54) is 25.7 Å². The van der Waals surface area contributed by atoms with Crippen LogP contribution in [0.25, 0.3) is 32.9 Å². The van der Waals surface area contributed by atoms with Gasteiger partial charge in [0, 0.05) is 8.22 Å². The van der Waals surface area contributed by atoms with E-state index < -0.39 is 14.0 Å². The number of anilines is 2. The van der Waals surface area contributed by atoms with Gasteiger partial charge in [-0.3, -0.25) is 0 Å². The zero-order valence-electron chi connectivity index (χ0n) is 30.9. The molecule has 6 nitrogen and oxygen atoms in total. The molecule has 2 heterocycles. The van der Waals surface area contributed by atoms with Gasteiger partial charge >= 0.3 is 21.1 Å². The molecule has 0 bridgehead atoms. The molecule has 0 unspecified atom stereocenters. The first-order valence-corrected chi connectivity index (χ1v) is 13.8. The Labute approximate surface area is 284 Å². The molecule has 0 saturated heterocycles. The average Bonchev–Trinajstić information content (AvgIpc) is 3.68. The second kappa shape index (κ2) is 14.3. The number of hydrogen-bond acceptors (Lipinski definition) is 5. The fraction of sp³-hybridized carbons (Fsp3) is 0.162. The quantitative estimate of drug-likeness (QED) is 0.176. The van der Waals surface area contributed by atoms with Gasteiger partial charge in [-0.15, -0.1) is 46.2 Å². The molecular weight excluding hydrogens is 724 g/mol. The van der Waals surface area contributed by atoms with E-state index in [2.05, 4.69) is 34.6 Å². The number of fused-ring (bicyclic) bond motifs is 3. The fourth-order valence-electron chi connectivity index (χ4n) is 5.24. The Morgan fingerprint density at radius 1 is 1.02 bits per heavy atom. The van der Waals surface area contributed by atoms with E-state index in [0.717, 1.165) is 59.4 Å². The average molecular weight is 766 g/mol. The molecule has 0 spiro atoms. The van der Waals surface area contributed by atoms with Crippen LogP contribution in [-0.2, 0) is 21.1 Å². The summed E-state index contributed by atoms with van der Waals surface area (Å²) in [5.41, 5.74) is 9.11. The van der Waals surface area contributed by atoms with Crippen LogP contribution in [0.1, 0.15) is 37.4 Å². The van der Waals surface area contributed by atoms with E-state index in [1.807, 2.05) is 69.3 Å². The van der Waals surface area contributed by atoms with Crippen LogP contribution in [0.5, 0.6) is 0 Å². The van der Waals surface area contributed by atoms with E-state index in [9.17, 15) is 0 Å². The summed E-state index contributed by atoms with van der Waals surface area (Å²) in [6.45, 7) is 6.10. The van der Waals surface area contributed by atoms with E-state index in [4.69, 9.17) is 13.5 Å². The van der Waals surface area contributed by atoms with Crippen molar-refractivity contribution in [2.24, 2.45) is 0 Å². The van der Waals surface area contributed by atoms with Crippen molar-refractivity contribution in [3.63, 3.8) is 0 Å². The molecule has 1 aliphatic heterocycles. The maximum absolute atomic E-state index is 8.84. The summed E-state index contributed by atoms with van der Waals surface area (Å²) in [7, 11) is 0. The standard InChI is InChI=1S/C24H29N4.C13H7N2.Pt/c1-7-8-26(5)16-25-22-13-21(24-19(3)11-18(2)12-20(24)4)14-23(15-22)28-10-9-27(6)17-28;14-8-9-5-6-13-11(7-9)10-3-1-2-4-12(10)15-13;/h7-14,16-17,25H,1-6H3;1-7H;/q-3;-1;+4/b8-7-;;/i5D3,6D3;;. The van der Waals surface area contributed by atoms with Gasteiger partial charge in [0.2, 0.25) is 0 Å². The van der Waals surface area contributed by atoms with Gasteiger partial charge in [-0.05, 0) is 99.8 Å². The molecule has 0 radical (unpaired) electrons. The first-order valence-electron chi connectivity index (χ1n) is 16.8. The monoisotopic (exact) mass is 765 g/mol. The Kier molecular flexibility index (Phi) is 8.12. The van der Waals surface area contributed by atoms with Gasteiger partial charge in [-0.25, -0.2) is 0 Å². The zero-order chi connectivity index (χ0) is 35.5. The molecule has 0 atom stereocenters. The molecule has 4 aromatic carbocycles. The van der Waals surface area contributed by atoms with Crippen LogP contribution in [0.3, 0.4) is 0 Å². The summed E-state index contributed by atoms with van der Waals surface area (Å²) >= 11 is 0. The van der Waals surface area contributed by atoms with Crippen molar-refractivity contribution >= 4 is 33.2 Å². The van der Waals surface area contributed by atoms with Gasteiger partial charge in [-0.2, -0.15) is 18.6 Å². The maximum Gasteiger partial charge on any atom is 4.00 e. The number of aromatic nitrogens is 1. The summed E-state index contributed by atoms with van der Waals surface area (Å²) in [4.78, 5) is 8.41. The van der Waals surface area contributed by atoms with Crippen molar-refractivity contribution in [3.05, 3.63) is 133 Å². The molecule has 1 aliphatic rings. The van der Waals surface area contributed by atoms with Gasteiger partial charge in [0.15, 0.2) is 0 Å². The van der Waals surface area contributed by atoms with E-state index >= 15 is 0 Å². The summed E-state index contributed by atoms with van der Waals surface area (Å²) in [5, 5.41) is 14.1. The van der Waals surface area contributed by atoms with Crippen molar-refractivity contribution in [1.29, 1.82) is 5.26 Å². The van der Waals surface area contributed by atoms with Crippen LogP contribution in [0.2, 0.25) is 0 Å². The number of para-hydroxylation sites is 1. The van der Waals surface area contributed by atoms with Gasteiger partial charge in [0.25, 0.3) is 0 Å². The number of aryl methyl sites for hydroxylation is 3. The molecule has 0 amide bonds. The van der Waals surface area contributed by atoms with Crippen LogP contribution in [0.15, 0.2) is 91.4 Å². The molecule has 7 heteroatoms. The minimum atomic E-state index is -2.35. The predicted octanol–water partition coefficient (Wildman–Crippen LogP) is 8.24. The minimum absolute atomic E-state index is 0. The Morgan fingerprint density at radius 3 is 2.50 bits per heavy atom. The Morgan fingerprint density at radius 2 is 1.80 bits per heavy atom. The minimum Gasteiger partial charge on any atom is -0.657 e. The van der Waals surface area contributed by atoms with Gasteiger partial charge in [-0.1, -0.05) is 54.1 Å². The van der Waals surface area contributed by atoms with Crippen LogP contribution in [-0.4, -0.2) is 23.8 Å². The van der Waals surface area contributed by atoms with Gasteiger partial charge < -0.3 is 25.0 Å². The molecule has 0 saturated carbocycles. The van der Waals surface area contributed by atoms with E-state index in [0.29, 0.717) is 16.9 Å². The van der Waals surface area contributed by atoms with E-state index in [-0.39, 0.29) is 21.1 Å². The number of rotatable bonds is 6. The molecule has 224 valence electrons. The molecule has 5 aromatic rings. The fourth-order valence-corrected chi connectivity index (χ4v) is 5.24. The molecule has 44 heavy (non-hydrogen) atoms. The third kappa shape index (κ3) is 7.36. The van der Waals surface area contributed by atoms with Crippen LogP contribution < -0.4 is 15.2 Å². The van der Waals surface area contributed by atoms with Crippen molar-refractivity contribution < 1.29 is 29.3 Å². The second-order valence-corrected chi connectivity index (χ2v) is 10.3. The molecule has 1 aromatic heterocycles. The number of benzene rings is 4. The first-order chi connectivity index (χ1) is 23.2. The molecule has 0 fully saturated rings. The SMILES string of the molecule is N#Cc1ccc2[n-]c3ccccc3c2c1.[2H]C([2H])([2H])N1C=CN(c2[c-]c(N[CH-]N(/C=C\C)C([2H])([2H])[2H])cc(-c3c(C)cc(C)cc3C)c2)[CH-]1.[Pt+4]. The molecule has 0 aliphatic carbocycles. The normalized spacial score (nSPS) is 14.9. The zero-order valence-corrected chi connectivity index (χ0v) is 27.1. The number of nitrogens with zero attached hydrogens (tertiary/aromatic N) is 5. The third-order valence-electron chi connectivity index (χ3n) is 6.96. The summed E-state index contributed by atoms with van der Waals surface area (Å²) in [5.74, 6) is 0. The Balaban J connectivity index is 0.000000290. The molecular formula is C37H36N6Pt. The van der Waals surface area contributed by atoms with Crippen molar-refractivity contribution in [2.45, 2.75) is 27.7 Å². The maximum atomic E-state index is 8.84. The first kappa shape index (κ1) is 24.9. The predicted molar refractivity (Wildman–Crippen MR) is 179 cm³/mol. The van der Waals surface area contributed by atoms with Crippen molar-refractivity contribution in [3.8, 4) is 17.2 Å². The number of allylic oxidation sites excluding steroid dienone is 1. The number of nitrogens with one attached hydrogen (secondary N) is 1.